The lowest BCUT2D eigenvalue weighted by atomic mass is 10.1. The number of aliphatic hydroxyl groups excluding tert-OH is 1. The number of benzene rings is 1. The molecule has 0 unspecified atom stereocenters. The molecule has 0 bridgehead atoms. The van der Waals surface area contributed by atoms with Crippen LogP contribution in [0.2, 0.25) is 0 Å². The van der Waals surface area contributed by atoms with E-state index in [4.69, 9.17) is 4.74 Å². The maximum absolute atomic E-state index is 9.28. The van der Waals surface area contributed by atoms with Crippen molar-refractivity contribution in [2.45, 2.75) is 13.5 Å². The molecule has 1 aromatic carbocycles. The lowest BCUT2D eigenvalue weighted by Crippen LogP contribution is -1.92. The van der Waals surface area contributed by atoms with Gasteiger partial charge in [0.2, 0.25) is 0 Å². The van der Waals surface area contributed by atoms with Crippen molar-refractivity contribution in [3.63, 3.8) is 0 Å². The standard InChI is InChI=1S/C12H12BrNO2S/c1-2-16-9-5-3-4-8(6-9)11-10(7-15)17-12(13)14-11/h3-6,15H,2,7H2,1H3. The largest absolute Gasteiger partial charge is 0.494 e. The van der Waals surface area contributed by atoms with Gasteiger partial charge in [0.25, 0.3) is 0 Å². The van der Waals surface area contributed by atoms with Gasteiger partial charge in [0, 0.05) is 5.56 Å². The maximum Gasteiger partial charge on any atom is 0.160 e. The molecular weight excluding hydrogens is 302 g/mol. The lowest BCUT2D eigenvalue weighted by molar-refractivity contribution is 0.286. The highest BCUT2D eigenvalue weighted by Gasteiger charge is 2.11. The van der Waals surface area contributed by atoms with Gasteiger partial charge in [-0.3, -0.25) is 0 Å². The number of ether oxygens (including phenoxy) is 1. The minimum Gasteiger partial charge on any atom is -0.494 e. The summed E-state index contributed by atoms with van der Waals surface area (Å²) < 4.78 is 6.23. The van der Waals surface area contributed by atoms with E-state index < -0.39 is 0 Å². The SMILES string of the molecule is CCOc1cccc(-c2nc(Br)sc2CO)c1. The second-order valence-corrected chi connectivity index (χ2v) is 5.72. The molecule has 2 aromatic rings. The molecule has 2 rings (SSSR count). The van der Waals surface area contributed by atoms with Gasteiger partial charge in [0.1, 0.15) is 5.75 Å². The summed E-state index contributed by atoms with van der Waals surface area (Å²) in [7, 11) is 0. The molecule has 0 aliphatic heterocycles. The number of aliphatic hydroxyl groups is 1. The third kappa shape index (κ3) is 2.86. The topological polar surface area (TPSA) is 42.4 Å². The zero-order valence-corrected chi connectivity index (χ0v) is 11.7. The Morgan fingerprint density at radius 3 is 3.00 bits per heavy atom. The van der Waals surface area contributed by atoms with E-state index in [1.165, 1.54) is 11.3 Å². The number of halogens is 1. The van der Waals surface area contributed by atoms with Gasteiger partial charge in [-0.25, -0.2) is 4.98 Å². The van der Waals surface area contributed by atoms with Crippen LogP contribution in [0.25, 0.3) is 11.3 Å². The fourth-order valence-corrected chi connectivity index (χ4v) is 2.98. The molecule has 0 radical (unpaired) electrons. The first-order chi connectivity index (χ1) is 8.24. The van der Waals surface area contributed by atoms with Crippen LogP contribution in [0.5, 0.6) is 5.75 Å². The highest BCUT2D eigenvalue weighted by atomic mass is 79.9. The predicted molar refractivity (Wildman–Crippen MR) is 72.3 cm³/mol. The number of hydrogen-bond acceptors (Lipinski definition) is 4. The van der Waals surface area contributed by atoms with E-state index in [1.807, 2.05) is 31.2 Å². The fraction of sp³-hybridized carbons (Fsp3) is 0.250. The van der Waals surface area contributed by atoms with Gasteiger partial charge in [-0.05, 0) is 35.0 Å². The molecule has 90 valence electrons. The lowest BCUT2D eigenvalue weighted by Gasteiger charge is -2.05. The average molecular weight is 314 g/mol. The molecule has 0 saturated heterocycles. The van der Waals surface area contributed by atoms with Crippen LogP contribution in [-0.2, 0) is 6.61 Å². The Morgan fingerprint density at radius 2 is 2.29 bits per heavy atom. The normalized spacial score (nSPS) is 10.5. The van der Waals surface area contributed by atoms with Gasteiger partial charge in [-0.1, -0.05) is 12.1 Å². The van der Waals surface area contributed by atoms with E-state index in [0.29, 0.717) is 6.61 Å². The summed E-state index contributed by atoms with van der Waals surface area (Å²) in [6, 6.07) is 7.73. The molecule has 0 spiro atoms. The molecule has 0 saturated carbocycles. The van der Waals surface area contributed by atoms with Crippen LogP contribution in [0.15, 0.2) is 28.2 Å². The first-order valence-electron chi connectivity index (χ1n) is 5.24. The Hall–Kier alpha value is -0.910. The first kappa shape index (κ1) is 12.5. The summed E-state index contributed by atoms with van der Waals surface area (Å²) >= 11 is 4.78. The van der Waals surface area contributed by atoms with E-state index in [1.54, 1.807) is 0 Å². The second kappa shape index (κ2) is 5.62. The van der Waals surface area contributed by atoms with Crippen molar-refractivity contribution in [3.8, 4) is 17.0 Å². The smallest absolute Gasteiger partial charge is 0.160 e. The summed E-state index contributed by atoms with van der Waals surface area (Å²) in [6.07, 6.45) is 0. The monoisotopic (exact) mass is 313 g/mol. The van der Waals surface area contributed by atoms with E-state index >= 15 is 0 Å². The molecule has 1 aromatic heterocycles. The molecule has 0 fully saturated rings. The second-order valence-electron chi connectivity index (χ2n) is 3.36. The number of nitrogens with zero attached hydrogens (tertiary/aromatic N) is 1. The van der Waals surface area contributed by atoms with Gasteiger partial charge in [-0.2, -0.15) is 0 Å². The van der Waals surface area contributed by atoms with E-state index in [0.717, 1.165) is 25.8 Å². The fourth-order valence-electron chi connectivity index (χ4n) is 1.56. The molecule has 5 heteroatoms. The summed E-state index contributed by atoms with van der Waals surface area (Å²) in [5.41, 5.74) is 1.77. The number of rotatable bonds is 4. The average Bonchev–Trinajstić information content (AvgIpc) is 2.71. The zero-order chi connectivity index (χ0) is 12.3. The van der Waals surface area contributed by atoms with Crippen molar-refractivity contribution in [3.05, 3.63) is 33.1 Å². The van der Waals surface area contributed by atoms with E-state index in [9.17, 15) is 5.11 Å². The molecule has 0 amide bonds. The Bertz CT molecular complexity index is 513. The van der Waals surface area contributed by atoms with Crippen LogP contribution in [0.1, 0.15) is 11.8 Å². The van der Waals surface area contributed by atoms with Gasteiger partial charge >= 0.3 is 0 Å². The minimum atomic E-state index is -0.00252. The van der Waals surface area contributed by atoms with Crippen molar-refractivity contribution in [2.75, 3.05) is 6.61 Å². The molecule has 0 aliphatic carbocycles. The van der Waals surface area contributed by atoms with Crippen LogP contribution < -0.4 is 4.74 Å². The molecule has 17 heavy (non-hydrogen) atoms. The predicted octanol–water partition coefficient (Wildman–Crippen LogP) is 3.46. The van der Waals surface area contributed by atoms with Crippen molar-refractivity contribution in [2.24, 2.45) is 0 Å². The summed E-state index contributed by atoms with van der Waals surface area (Å²) in [5, 5.41) is 9.28. The van der Waals surface area contributed by atoms with Crippen LogP contribution in [0, 0.1) is 0 Å². The minimum absolute atomic E-state index is 0.00252. The third-order valence-electron chi connectivity index (χ3n) is 2.23. The highest BCUT2D eigenvalue weighted by molar-refractivity contribution is 9.11. The van der Waals surface area contributed by atoms with Crippen LogP contribution >= 0.6 is 27.3 Å². The first-order valence-corrected chi connectivity index (χ1v) is 6.84. The van der Waals surface area contributed by atoms with E-state index in [2.05, 4.69) is 20.9 Å². The van der Waals surface area contributed by atoms with Crippen molar-refractivity contribution in [1.29, 1.82) is 0 Å². The molecule has 3 nitrogen and oxygen atoms in total. The summed E-state index contributed by atoms with van der Waals surface area (Å²) in [4.78, 5) is 5.22. The highest BCUT2D eigenvalue weighted by Crippen LogP contribution is 2.32. The number of aromatic nitrogens is 1. The van der Waals surface area contributed by atoms with Crippen LogP contribution in [0.3, 0.4) is 0 Å². The number of hydrogen-bond donors (Lipinski definition) is 1. The van der Waals surface area contributed by atoms with Crippen LogP contribution in [-0.4, -0.2) is 16.7 Å². The Labute approximate surface area is 112 Å². The molecular formula is C12H12BrNO2S. The zero-order valence-electron chi connectivity index (χ0n) is 9.31. The molecule has 0 aliphatic rings. The Kier molecular flexibility index (Phi) is 4.15. The van der Waals surface area contributed by atoms with Crippen molar-refractivity contribution >= 4 is 27.3 Å². The molecule has 1 N–H and O–H groups in total. The summed E-state index contributed by atoms with van der Waals surface area (Å²) in [5.74, 6) is 0.818. The van der Waals surface area contributed by atoms with Crippen molar-refractivity contribution in [1.82, 2.24) is 4.98 Å². The molecule has 1 heterocycles. The van der Waals surface area contributed by atoms with Crippen molar-refractivity contribution < 1.29 is 9.84 Å². The van der Waals surface area contributed by atoms with Gasteiger partial charge < -0.3 is 9.84 Å². The third-order valence-corrected chi connectivity index (χ3v) is 3.72. The Balaban J connectivity index is 2.41. The van der Waals surface area contributed by atoms with Gasteiger partial charge in [-0.15, -0.1) is 11.3 Å². The summed E-state index contributed by atoms with van der Waals surface area (Å²) in [6.45, 7) is 2.58. The number of thiazole rings is 1. The van der Waals surface area contributed by atoms with Crippen LogP contribution in [0.4, 0.5) is 0 Å². The van der Waals surface area contributed by atoms with E-state index in [-0.39, 0.29) is 6.61 Å². The van der Waals surface area contributed by atoms with Gasteiger partial charge in [0.15, 0.2) is 3.92 Å². The molecule has 0 atom stereocenters. The Morgan fingerprint density at radius 1 is 1.47 bits per heavy atom. The quantitative estimate of drug-likeness (QED) is 0.940. The van der Waals surface area contributed by atoms with Gasteiger partial charge in [0.05, 0.1) is 23.8 Å². The maximum atomic E-state index is 9.28.